The smallest absolute Gasteiger partial charge is 0.338 e. The molecule has 0 spiro atoms. The normalized spacial score (nSPS) is 9.38. The fraction of sp³-hybridized carbons (Fsp3) is 0.333. The second kappa shape index (κ2) is 5.17. The fourth-order valence-corrected chi connectivity index (χ4v) is 1.39. The largest absolute Gasteiger partial charge is 0.495 e. The zero-order valence-electron chi connectivity index (χ0n) is 9.53. The predicted octanol–water partition coefficient (Wildman–Crippen LogP) is 2.05. The standard InChI is InChI=1S/C12H13NO3/c1-4-16-12(14)9-5-8(2)10(7-13)11(6-9)15-3/h5-6H,4H2,1-3H3. The highest BCUT2D eigenvalue weighted by Crippen LogP contribution is 2.23. The quantitative estimate of drug-likeness (QED) is 0.730. The molecule has 1 aromatic rings. The van der Waals surface area contributed by atoms with Crippen LogP contribution in [0.3, 0.4) is 0 Å². The molecule has 0 aliphatic rings. The van der Waals surface area contributed by atoms with Gasteiger partial charge in [-0.2, -0.15) is 5.26 Å². The lowest BCUT2D eigenvalue weighted by atomic mass is 10.0. The van der Waals surface area contributed by atoms with Crippen molar-refractivity contribution in [2.75, 3.05) is 13.7 Å². The van der Waals surface area contributed by atoms with E-state index in [1.54, 1.807) is 19.9 Å². The average Bonchev–Trinajstić information content (AvgIpc) is 2.28. The lowest BCUT2D eigenvalue weighted by Crippen LogP contribution is -2.06. The van der Waals surface area contributed by atoms with E-state index in [9.17, 15) is 4.79 Å². The van der Waals surface area contributed by atoms with Crippen LogP contribution in [0.5, 0.6) is 5.75 Å². The van der Waals surface area contributed by atoms with E-state index < -0.39 is 5.97 Å². The molecule has 4 nitrogen and oxygen atoms in total. The van der Waals surface area contributed by atoms with E-state index in [1.165, 1.54) is 13.2 Å². The van der Waals surface area contributed by atoms with Gasteiger partial charge in [-0.1, -0.05) is 0 Å². The van der Waals surface area contributed by atoms with Crippen molar-refractivity contribution in [3.05, 3.63) is 28.8 Å². The van der Waals surface area contributed by atoms with Gasteiger partial charge in [0.2, 0.25) is 0 Å². The van der Waals surface area contributed by atoms with Crippen LogP contribution in [0.2, 0.25) is 0 Å². The van der Waals surface area contributed by atoms with Gasteiger partial charge in [-0.3, -0.25) is 0 Å². The van der Waals surface area contributed by atoms with Crippen LogP contribution in [0.15, 0.2) is 12.1 Å². The molecule has 16 heavy (non-hydrogen) atoms. The van der Waals surface area contributed by atoms with Gasteiger partial charge >= 0.3 is 5.97 Å². The molecule has 0 fully saturated rings. The first-order chi connectivity index (χ1) is 7.63. The lowest BCUT2D eigenvalue weighted by Gasteiger charge is -2.08. The van der Waals surface area contributed by atoms with Crippen LogP contribution in [0.25, 0.3) is 0 Å². The molecule has 0 saturated heterocycles. The van der Waals surface area contributed by atoms with E-state index in [-0.39, 0.29) is 0 Å². The van der Waals surface area contributed by atoms with Crippen molar-refractivity contribution in [3.63, 3.8) is 0 Å². The molecule has 84 valence electrons. The molecule has 1 rings (SSSR count). The zero-order valence-corrected chi connectivity index (χ0v) is 9.53. The minimum absolute atomic E-state index is 0.320. The Bertz CT molecular complexity index is 446. The van der Waals surface area contributed by atoms with Crippen molar-refractivity contribution in [2.24, 2.45) is 0 Å². The zero-order chi connectivity index (χ0) is 12.1. The number of hydrogen-bond acceptors (Lipinski definition) is 4. The molecule has 0 aromatic heterocycles. The molecule has 0 atom stereocenters. The van der Waals surface area contributed by atoms with Gasteiger partial charge in [0.25, 0.3) is 0 Å². The van der Waals surface area contributed by atoms with Crippen LogP contribution in [-0.2, 0) is 4.74 Å². The van der Waals surface area contributed by atoms with Gasteiger partial charge in [0.05, 0.1) is 24.8 Å². The molecule has 4 heteroatoms. The Morgan fingerprint density at radius 1 is 1.50 bits per heavy atom. The van der Waals surface area contributed by atoms with Gasteiger partial charge in [-0.05, 0) is 31.5 Å². The SMILES string of the molecule is CCOC(=O)c1cc(C)c(C#N)c(OC)c1. The number of nitrogens with zero attached hydrogens (tertiary/aromatic N) is 1. The third kappa shape index (κ3) is 2.31. The van der Waals surface area contributed by atoms with Crippen molar-refractivity contribution in [1.82, 2.24) is 0 Å². The third-order valence-corrected chi connectivity index (χ3v) is 2.14. The molecule has 0 aliphatic heterocycles. The van der Waals surface area contributed by atoms with Gasteiger partial charge in [-0.15, -0.1) is 0 Å². The molecule has 0 aliphatic carbocycles. The molecule has 0 N–H and O–H groups in total. The Hall–Kier alpha value is -2.02. The summed E-state index contributed by atoms with van der Waals surface area (Å²) in [6.07, 6.45) is 0. The van der Waals surface area contributed by atoms with Crippen molar-refractivity contribution in [3.8, 4) is 11.8 Å². The average molecular weight is 219 g/mol. The third-order valence-electron chi connectivity index (χ3n) is 2.14. The van der Waals surface area contributed by atoms with E-state index in [0.717, 1.165) is 0 Å². The first-order valence-electron chi connectivity index (χ1n) is 4.89. The number of rotatable bonds is 3. The molecule has 0 amide bonds. The number of esters is 1. The number of carbonyl (C=O) groups is 1. The summed E-state index contributed by atoms with van der Waals surface area (Å²) in [6, 6.07) is 5.18. The Morgan fingerprint density at radius 2 is 2.19 bits per heavy atom. The highest BCUT2D eigenvalue weighted by atomic mass is 16.5. The van der Waals surface area contributed by atoms with Crippen LogP contribution in [0, 0.1) is 18.3 Å². The molecule has 1 aromatic carbocycles. The van der Waals surface area contributed by atoms with E-state index in [0.29, 0.717) is 29.0 Å². The Morgan fingerprint density at radius 3 is 2.69 bits per heavy atom. The highest BCUT2D eigenvalue weighted by Gasteiger charge is 2.13. The Balaban J connectivity index is 3.21. The molecule has 0 bridgehead atoms. The second-order valence-corrected chi connectivity index (χ2v) is 3.20. The number of nitriles is 1. The van der Waals surface area contributed by atoms with Crippen LogP contribution in [0.1, 0.15) is 28.4 Å². The summed E-state index contributed by atoms with van der Waals surface area (Å²) < 4.78 is 9.93. The van der Waals surface area contributed by atoms with Gasteiger partial charge in [0.15, 0.2) is 0 Å². The van der Waals surface area contributed by atoms with Crippen molar-refractivity contribution >= 4 is 5.97 Å². The molecule has 0 unspecified atom stereocenters. The number of carbonyl (C=O) groups excluding carboxylic acids is 1. The molecular weight excluding hydrogens is 206 g/mol. The van der Waals surface area contributed by atoms with Crippen LogP contribution >= 0.6 is 0 Å². The van der Waals surface area contributed by atoms with Gasteiger partial charge in [-0.25, -0.2) is 4.79 Å². The van der Waals surface area contributed by atoms with Crippen molar-refractivity contribution in [2.45, 2.75) is 13.8 Å². The number of methoxy groups -OCH3 is 1. The van der Waals surface area contributed by atoms with E-state index in [1.807, 2.05) is 6.07 Å². The summed E-state index contributed by atoms with van der Waals surface area (Å²) in [6.45, 7) is 3.82. The lowest BCUT2D eigenvalue weighted by molar-refractivity contribution is 0.0526. The van der Waals surface area contributed by atoms with E-state index >= 15 is 0 Å². The Labute approximate surface area is 94.4 Å². The van der Waals surface area contributed by atoms with E-state index in [2.05, 4.69) is 0 Å². The second-order valence-electron chi connectivity index (χ2n) is 3.20. The number of benzene rings is 1. The maximum Gasteiger partial charge on any atom is 0.338 e. The molecular formula is C12H13NO3. The maximum atomic E-state index is 11.5. The van der Waals surface area contributed by atoms with Crippen LogP contribution in [0.4, 0.5) is 0 Å². The monoisotopic (exact) mass is 219 g/mol. The topological polar surface area (TPSA) is 59.3 Å². The number of hydrogen-bond donors (Lipinski definition) is 0. The minimum Gasteiger partial charge on any atom is -0.495 e. The summed E-state index contributed by atoms with van der Waals surface area (Å²) in [5, 5.41) is 8.92. The number of aryl methyl sites for hydroxylation is 1. The summed E-state index contributed by atoms with van der Waals surface area (Å²) in [5.74, 6) is -0.0149. The van der Waals surface area contributed by atoms with Crippen LogP contribution in [-0.4, -0.2) is 19.7 Å². The molecule has 0 radical (unpaired) electrons. The predicted molar refractivity (Wildman–Crippen MR) is 58.4 cm³/mol. The molecule has 0 heterocycles. The number of ether oxygens (including phenoxy) is 2. The summed E-state index contributed by atoms with van der Waals surface area (Å²) >= 11 is 0. The van der Waals surface area contributed by atoms with Gasteiger partial charge in [0.1, 0.15) is 11.8 Å². The van der Waals surface area contributed by atoms with Crippen LogP contribution < -0.4 is 4.74 Å². The summed E-state index contributed by atoms with van der Waals surface area (Å²) in [7, 11) is 1.46. The van der Waals surface area contributed by atoms with Crippen molar-refractivity contribution in [1.29, 1.82) is 5.26 Å². The van der Waals surface area contributed by atoms with Crippen molar-refractivity contribution < 1.29 is 14.3 Å². The van der Waals surface area contributed by atoms with E-state index in [4.69, 9.17) is 14.7 Å². The maximum absolute atomic E-state index is 11.5. The minimum atomic E-state index is -0.409. The first-order valence-corrected chi connectivity index (χ1v) is 4.89. The first kappa shape index (κ1) is 12.1. The molecule has 0 saturated carbocycles. The summed E-state index contributed by atoms with van der Waals surface area (Å²) in [4.78, 5) is 11.5. The van der Waals surface area contributed by atoms with Gasteiger partial charge < -0.3 is 9.47 Å². The fourth-order valence-electron chi connectivity index (χ4n) is 1.39. The highest BCUT2D eigenvalue weighted by molar-refractivity contribution is 5.90. The van der Waals surface area contributed by atoms with Gasteiger partial charge in [0, 0.05) is 0 Å². The Kier molecular flexibility index (Phi) is 3.90. The summed E-state index contributed by atoms with van der Waals surface area (Å²) in [5.41, 5.74) is 1.54.